The van der Waals surface area contributed by atoms with E-state index in [1.807, 2.05) is 63.2 Å². The maximum absolute atomic E-state index is 12.8. The molecule has 3 amide bonds. The van der Waals surface area contributed by atoms with Crippen LogP contribution in [-0.2, 0) is 11.3 Å². The molecule has 3 rings (SSSR count). The highest BCUT2D eigenvalue weighted by molar-refractivity contribution is 5.90. The number of benzene rings is 2. The molecule has 6 heteroatoms. The number of carbonyl (C=O) groups is 2. The number of hydrogen-bond donors (Lipinski definition) is 2. The van der Waals surface area contributed by atoms with Crippen molar-refractivity contribution in [1.29, 1.82) is 0 Å². The zero-order valence-corrected chi connectivity index (χ0v) is 18.2. The van der Waals surface area contributed by atoms with Gasteiger partial charge in [0.05, 0.1) is 7.11 Å². The van der Waals surface area contributed by atoms with E-state index in [2.05, 4.69) is 10.6 Å². The second kappa shape index (κ2) is 9.20. The smallest absolute Gasteiger partial charge is 0.321 e. The van der Waals surface area contributed by atoms with Gasteiger partial charge in [0.2, 0.25) is 5.91 Å². The number of amides is 3. The molecule has 1 fully saturated rings. The van der Waals surface area contributed by atoms with E-state index in [4.69, 9.17) is 4.74 Å². The van der Waals surface area contributed by atoms with E-state index >= 15 is 0 Å². The molecule has 0 aromatic heterocycles. The number of hydrogen-bond acceptors (Lipinski definition) is 3. The lowest BCUT2D eigenvalue weighted by Gasteiger charge is -2.38. The number of urea groups is 1. The number of nitrogens with zero attached hydrogens (tertiary/aromatic N) is 1. The maximum Gasteiger partial charge on any atom is 0.321 e. The number of anilines is 1. The third-order valence-electron chi connectivity index (χ3n) is 5.95. The van der Waals surface area contributed by atoms with Crippen molar-refractivity contribution in [2.24, 2.45) is 5.41 Å². The highest BCUT2D eigenvalue weighted by atomic mass is 16.5. The van der Waals surface area contributed by atoms with Crippen LogP contribution in [0.4, 0.5) is 10.5 Å². The Bertz CT molecular complexity index is 900. The van der Waals surface area contributed by atoms with Gasteiger partial charge in [0.15, 0.2) is 0 Å². The molecule has 6 nitrogen and oxygen atoms in total. The van der Waals surface area contributed by atoms with E-state index in [1.54, 1.807) is 12.0 Å². The van der Waals surface area contributed by atoms with Crippen LogP contribution in [0.3, 0.4) is 0 Å². The van der Waals surface area contributed by atoms with Gasteiger partial charge in [0.1, 0.15) is 5.75 Å². The maximum atomic E-state index is 12.8. The lowest BCUT2D eigenvalue weighted by Crippen LogP contribution is -2.49. The first-order chi connectivity index (χ1) is 14.3. The molecule has 0 aliphatic carbocycles. The van der Waals surface area contributed by atoms with Crippen molar-refractivity contribution in [3.63, 3.8) is 0 Å². The Morgan fingerprint density at radius 1 is 1.07 bits per heavy atom. The van der Waals surface area contributed by atoms with Crippen LogP contribution in [-0.4, -0.2) is 37.0 Å². The van der Waals surface area contributed by atoms with Gasteiger partial charge in [-0.15, -0.1) is 0 Å². The number of aryl methyl sites for hydroxylation is 2. The first-order valence-electron chi connectivity index (χ1n) is 10.4. The molecule has 1 saturated heterocycles. The van der Waals surface area contributed by atoms with Crippen LogP contribution in [0.5, 0.6) is 5.75 Å². The molecule has 0 unspecified atom stereocenters. The SMILES string of the molecule is COc1ccc(CNC(=O)C2(C)CCN(C(=O)Nc3cc(C)ccc3C)CC2)cc1. The molecule has 1 aliphatic heterocycles. The van der Waals surface area contributed by atoms with Crippen LogP contribution in [0, 0.1) is 19.3 Å². The Morgan fingerprint density at radius 2 is 1.73 bits per heavy atom. The third kappa shape index (κ3) is 5.12. The van der Waals surface area contributed by atoms with Crippen molar-refractivity contribution < 1.29 is 14.3 Å². The fourth-order valence-corrected chi connectivity index (χ4v) is 3.63. The average molecular weight is 410 g/mol. The second-order valence-corrected chi connectivity index (χ2v) is 8.33. The number of rotatable bonds is 5. The van der Waals surface area contributed by atoms with Crippen molar-refractivity contribution in [2.75, 3.05) is 25.5 Å². The number of nitrogens with one attached hydrogen (secondary N) is 2. The Hall–Kier alpha value is -3.02. The Morgan fingerprint density at radius 3 is 2.37 bits per heavy atom. The van der Waals surface area contributed by atoms with Crippen LogP contribution < -0.4 is 15.4 Å². The summed E-state index contributed by atoms with van der Waals surface area (Å²) in [6.45, 7) is 7.57. The van der Waals surface area contributed by atoms with Gasteiger partial charge in [0.25, 0.3) is 0 Å². The molecule has 2 aromatic carbocycles. The zero-order valence-electron chi connectivity index (χ0n) is 18.2. The third-order valence-corrected chi connectivity index (χ3v) is 5.95. The summed E-state index contributed by atoms with van der Waals surface area (Å²) in [6, 6.07) is 13.6. The van der Waals surface area contributed by atoms with Gasteiger partial charge in [0, 0.05) is 30.7 Å². The highest BCUT2D eigenvalue weighted by Gasteiger charge is 2.38. The molecule has 30 heavy (non-hydrogen) atoms. The number of ether oxygens (including phenoxy) is 1. The van der Waals surface area contributed by atoms with Crippen LogP contribution in [0.2, 0.25) is 0 Å². The Labute approximate surface area is 178 Å². The van der Waals surface area contributed by atoms with Gasteiger partial charge in [-0.1, -0.05) is 31.2 Å². The molecule has 0 bridgehead atoms. The predicted octanol–water partition coefficient (Wildman–Crippen LogP) is 4.26. The largest absolute Gasteiger partial charge is 0.497 e. The van der Waals surface area contributed by atoms with E-state index in [0.717, 1.165) is 28.1 Å². The minimum Gasteiger partial charge on any atom is -0.497 e. The van der Waals surface area contributed by atoms with Gasteiger partial charge in [-0.3, -0.25) is 4.79 Å². The zero-order chi connectivity index (χ0) is 21.7. The fourth-order valence-electron chi connectivity index (χ4n) is 3.63. The van der Waals surface area contributed by atoms with Gasteiger partial charge in [-0.2, -0.15) is 0 Å². The van der Waals surface area contributed by atoms with E-state index in [9.17, 15) is 9.59 Å². The van der Waals surface area contributed by atoms with E-state index in [0.29, 0.717) is 32.5 Å². The highest BCUT2D eigenvalue weighted by Crippen LogP contribution is 2.31. The van der Waals surface area contributed by atoms with Crippen molar-refractivity contribution in [2.45, 2.75) is 40.2 Å². The molecule has 2 N–H and O–H groups in total. The van der Waals surface area contributed by atoms with Crippen LogP contribution in [0.1, 0.15) is 36.5 Å². The summed E-state index contributed by atoms with van der Waals surface area (Å²) in [6.07, 6.45) is 1.28. The first kappa shape index (κ1) is 21.7. The minimum absolute atomic E-state index is 0.0351. The molecule has 0 atom stereocenters. The Kier molecular flexibility index (Phi) is 6.65. The molecular formula is C24H31N3O3. The molecule has 1 heterocycles. The van der Waals surface area contributed by atoms with Crippen molar-refractivity contribution in [1.82, 2.24) is 10.2 Å². The summed E-state index contributed by atoms with van der Waals surface area (Å²) in [5.41, 5.74) is 3.54. The number of carbonyl (C=O) groups excluding carboxylic acids is 2. The van der Waals surface area contributed by atoms with Gasteiger partial charge >= 0.3 is 6.03 Å². The summed E-state index contributed by atoms with van der Waals surface area (Å²) in [7, 11) is 1.63. The quantitative estimate of drug-likeness (QED) is 0.775. The van der Waals surface area contributed by atoms with E-state index in [-0.39, 0.29) is 11.9 Å². The van der Waals surface area contributed by atoms with Gasteiger partial charge in [-0.05, 0) is 61.6 Å². The van der Waals surface area contributed by atoms with E-state index < -0.39 is 5.41 Å². The molecule has 0 spiro atoms. The standard InChI is InChI=1S/C24H31N3O3/c1-17-5-6-18(2)21(15-17)26-23(29)27-13-11-24(3,12-14-27)22(28)25-16-19-7-9-20(30-4)10-8-19/h5-10,15H,11-14,16H2,1-4H3,(H,25,28)(H,26,29). The van der Waals surface area contributed by atoms with Crippen molar-refractivity contribution in [3.05, 3.63) is 59.2 Å². The van der Waals surface area contributed by atoms with Crippen LogP contribution in [0.15, 0.2) is 42.5 Å². The molecule has 160 valence electrons. The monoisotopic (exact) mass is 409 g/mol. The van der Waals surface area contributed by atoms with E-state index in [1.165, 1.54) is 0 Å². The summed E-state index contributed by atoms with van der Waals surface area (Å²) in [5, 5.41) is 6.05. The second-order valence-electron chi connectivity index (χ2n) is 8.33. The fraction of sp³-hybridized carbons (Fsp3) is 0.417. The lowest BCUT2D eigenvalue weighted by molar-refractivity contribution is -0.132. The van der Waals surface area contributed by atoms with Crippen LogP contribution >= 0.6 is 0 Å². The number of likely N-dealkylation sites (tertiary alicyclic amines) is 1. The first-order valence-corrected chi connectivity index (χ1v) is 10.4. The summed E-state index contributed by atoms with van der Waals surface area (Å²) >= 11 is 0. The van der Waals surface area contributed by atoms with Gasteiger partial charge in [-0.25, -0.2) is 4.79 Å². The topological polar surface area (TPSA) is 70.7 Å². The van der Waals surface area contributed by atoms with Gasteiger partial charge < -0.3 is 20.3 Å². The summed E-state index contributed by atoms with van der Waals surface area (Å²) in [5.74, 6) is 0.830. The minimum atomic E-state index is -0.470. The molecule has 1 aliphatic rings. The molecular weight excluding hydrogens is 378 g/mol. The number of piperidine rings is 1. The molecule has 0 radical (unpaired) electrons. The normalized spacial score (nSPS) is 15.4. The Balaban J connectivity index is 1.51. The van der Waals surface area contributed by atoms with Crippen molar-refractivity contribution in [3.8, 4) is 5.75 Å². The number of methoxy groups -OCH3 is 1. The summed E-state index contributed by atoms with van der Waals surface area (Å²) < 4.78 is 5.16. The lowest BCUT2D eigenvalue weighted by atomic mass is 9.79. The molecule has 0 saturated carbocycles. The predicted molar refractivity (Wildman–Crippen MR) is 119 cm³/mol. The van der Waals surface area contributed by atoms with Crippen molar-refractivity contribution >= 4 is 17.6 Å². The summed E-state index contributed by atoms with van der Waals surface area (Å²) in [4.78, 5) is 27.3. The van der Waals surface area contributed by atoms with Crippen LogP contribution in [0.25, 0.3) is 0 Å². The molecule has 2 aromatic rings. The average Bonchev–Trinajstić information content (AvgIpc) is 2.75.